The third kappa shape index (κ3) is 2.25. The van der Waals surface area contributed by atoms with Gasteiger partial charge in [0.1, 0.15) is 12.1 Å². The molecule has 1 amide bonds. The summed E-state index contributed by atoms with van der Waals surface area (Å²) in [6, 6.07) is 4.10. The predicted molar refractivity (Wildman–Crippen MR) is 58.4 cm³/mol. The molecule has 0 aliphatic rings. The molecule has 0 aliphatic heterocycles. The summed E-state index contributed by atoms with van der Waals surface area (Å²) < 4.78 is 13.5. The highest BCUT2D eigenvalue weighted by Gasteiger charge is 2.09. The zero-order chi connectivity index (χ0) is 11.5. The number of benzene rings is 1. The molecule has 0 spiro atoms. The SMILES string of the molecule is O=C(Nc1ncn[nH]1)c1ccc(Br)c(F)c1. The summed E-state index contributed by atoms with van der Waals surface area (Å²) in [4.78, 5) is 15.3. The van der Waals surface area contributed by atoms with Gasteiger partial charge in [-0.05, 0) is 34.1 Å². The molecule has 1 aromatic carbocycles. The van der Waals surface area contributed by atoms with Gasteiger partial charge in [-0.2, -0.15) is 10.1 Å². The van der Waals surface area contributed by atoms with Crippen LogP contribution >= 0.6 is 15.9 Å². The molecule has 1 aromatic heterocycles. The Morgan fingerprint density at radius 1 is 1.50 bits per heavy atom. The van der Waals surface area contributed by atoms with Gasteiger partial charge in [0.25, 0.3) is 5.91 Å². The largest absolute Gasteiger partial charge is 0.291 e. The number of H-pyrrole nitrogens is 1. The van der Waals surface area contributed by atoms with Crippen molar-refractivity contribution in [3.63, 3.8) is 0 Å². The van der Waals surface area contributed by atoms with Crippen LogP contribution in [0.5, 0.6) is 0 Å². The second-order valence-electron chi connectivity index (χ2n) is 2.92. The molecule has 0 fully saturated rings. The third-order valence-electron chi connectivity index (χ3n) is 1.83. The lowest BCUT2D eigenvalue weighted by molar-refractivity contribution is 0.102. The van der Waals surface area contributed by atoms with E-state index < -0.39 is 11.7 Å². The Labute approximate surface area is 98.2 Å². The molecular formula is C9H6BrFN4O. The van der Waals surface area contributed by atoms with Crippen molar-refractivity contribution < 1.29 is 9.18 Å². The summed E-state index contributed by atoms with van der Waals surface area (Å²) in [7, 11) is 0. The number of carbonyl (C=O) groups excluding carboxylic acids is 1. The van der Waals surface area contributed by atoms with Crippen LogP contribution in [-0.2, 0) is 0 Å². The monoisotopic (exact) mass is 284 g/mol. The van der Waals surface area contributed by atoms with Crippen LogP contribution in [0.4, 0.5) is 10.3 Å². The fraction of sp³-hybridized carbons (Fsp3) is 0. The van der Waals surface area contributed by atoms with Gasteiger partial charge < -0.3 is 0 Å². The highest BCUT2D eigenvalue weighted by molar-refractivity contribution is 9.10. The fourth-order valence-electron chi connectivity index (χ4n) is 1.08. The molecule has 16 heavy (non-hydrogen) atoms. The summed E-state index contributed by atoms with van der Waals surface area (Å²) in [6.45, 7) is 0. The van der Waals surface area contributed by atoms with Gasteiger partial charge in [-0.3, -0.25) is 10.1 Å². The lowest BCUT2D eigenvalue weighted by Crippen LogP contribution is -2.13. The molecule has 0 saturated heterocycles. The second kappa shape index (κ2) is 4.40. The highest BCUT2D eigenvalue weighted by atomic mass is 79.9. The molecule has 1 heterocycles. The van der Waals surface area contributed by atoms with E-state index in [1.807, 2.05) is 0 Å². The first-order valence-corrected chi connectivity index (χ1v) is 5.08. The van der Waals surface area contributed by atoms with E-state index in [1.165, 1.54) is 18.5 Å². The quantitative estimate of drug-likeness (QED) is 0.886. The van der Waals surface area contributed by atoms with Gasteiger partial charge in [-0.15, -0.1) is 0 Å². The first kappa shape index (κ1) is 10.7. The summed E-state index contributed by atoms with van der Waals surface area (Å²) in [6.07, 6.45) is 1.26. The normalized spacial score (nSPS) is 10.1. The van der Waals surface area contributed by atoms with E-state index in [-0.39, 0.29) is 11.5 Å². The minimum Gasteiger partial charge on any atom is -0.291 e. The average molecular weight is 285 g/mol. The molecule has 0 radical (unpaired) electrons. The third-order valence-corrected chi connectivity index (χ3v) is 2.47. The molecule has 82 valence electrons. The molecule has 0 atom stereocenters. The van der Waals surface area contributed by atoms with E-state index in [9.17, 15) is 9.18 Å². The molecule has 2 rings (SSSR count). The number of hydrogen-bond acceptors (Lipinski definition) is 3. The fourth-order valence-corrected chi connectivity index (χ4v) is 1.33. The van der Waals surface area contributed by atoms with Crippen molar-refractivity contribution in [2.24, 2.45) is 0 Å². The molecule has 0 unspecified atom stereocenters. The highest BCUT2D eigenvalue weighted by Crippen LogP contribution is 2.16. The molecule has 2 aromatic rings. The van der Waals surface area contributed by atoms with E-state index in [2.05, 4.69) is 36.4 Å². The maximum Gasteiger partial charge on any atom is 0.258 e. The van der Waals surface area contributed by atoms with Gasteiger partial charge in [0, 0.05) is 5.56 Å². The smallest absolute Gasteiger partial charge is 0.258 e. The van der Waals surface area contributed by atoms with Gasteiger partial charge >= 0.3 is 0 Å². The zero-order valence-corrected chi connectivity index (χ0v) is 9.45. The van der Waals surface area contributed by atoms with Crippen molar-refractivity contribution in [1.82, 2.24) is 15.2 Å². The van der Waals surface area contributed by atoms with Gasteiger partial charge in [0.15, 0.2) is 0 Å². The van der Waals surface area contributed by atoms with Gasteiger partial charge in [-0.25, -0.2) is 9.49 Å². The minimum atomic E-state index is -0.495. The van der Waals surface area contributed by atoms with Crippen LogP contribution in [0.3, 0.4) is 0 Å². The van der Waals surface area contributed by atoms with E-state index in [4.69, 9.17) is 0 Å². The second-order valence-corrected chi connectivity index (χ2v) is 3.77. The number of halogens is 2. The van der Waals surface area contributed by atoms with Crippen molar-refractivity contribution in [3.8, 4) is 0 Å². The van der Waals surface area contributed by atoms with Gasteiger partial charge in [-0.1, -0.05) is 0 Å². The summed E-state index contributed by atoms with van der Waals surface area (Å²) >= 11 is 3.00. The number of anilines is 1. The van der Waals surface area contributed by atoms with E-state index in [1.54, 1.807) is 0 Å². The van der Waals surface area contributed by atoms with E-state index in [0.29, 0.717) is 4.47 Å². The number of aromatic nitrogens is 3. The number of carbonyl (C=O) groups is 1. The van der Waals surface area contributed by atoms with E-state index >= 15 is 0 Å². The van der Waals surface area contributed by atoms with Crippen LogP contribution in [0.1, 0.15) is 10.4 Å². The molecule has 0 saturated carbocycles. The number of rotatable bonds is 2. The standard InChI is InChI=1S/C9H6BrFN4O/c10-6-2-1-5(3-7(6)11)8(16)14-9-12-4-13-15-9/h1-4H,(H2,12,13,14,15,16). The van der Waals surface area contributed by atoms with Crippen molar-refractivity contribution in [2.75, 3.05) is 5.32 Å². The topological polar surface area (TPSA) is 70.7 Å². The Hall–Kier alpha value is -1.76. The van der Waals surface area contributed by atoms with Crippen LogP contribution in [0.2, 0.25) is 0 Å². The molecule has 5 nitrogen and oxygen atoms in total. The number of aromatic amines is 1. The molecule has 0 bridgehead atoms. The van der Waals surface area contributed by atoms with Gasteiger partial charge in [0.2, 0.25) is 5.95 Å². The first-order valence-electron chi connectivity index (χ1n) is 4.28. The van der Waals surface area contributed by atoms with Crippen molar-refractivity contribution in [2.45, 2.75) is 0 Å². The Morgan fingerprint density at radius 3 is 2.94 bits per heavy atom. The van der Waals surface area contributed by atoms with Crippen molar-refractivity contribution >= 4 is 27.8 Å². The van der Waals surface area contributed by atoms with Crippen LogP contribution < -0.4 is 5.32 Å². The summed E-state index contributed by atoms with van der Waals surface area (Å²) in [5.74, 6) is -0.735. The van der Waals surface area contributed by atoms with Crippen molar-refractivity contribution in [1.29, 1.82) is 0 Å². The number of amides is 1. The predicted octanol–water partition coefficient (Wildman–Crippen LogP) is 1.96. The Balaban J connectivity index is 2.18. The van der Waals surface area contributed by atoms with E-state index in [0.717, 1.165) is 6.07 Å². The summed E-state index contributed by atoms with van der Waals surface area (Å²) in [5.41, 5.74) is 0.206. The lowest BCUT2D eigenvalue weighted by atomic mass is 10.2. The number of nitrogens with one attached hydrogen (secondary N) is 2. The molecule has 7 heteroatoms. The Morgan fingerprint density at radius 2 is 2.31 bits per heavy atom. The van der Waals surface area contributed by atoms with Crippen molar-refractivity contribution in [3.05, 3.63) is 40.4 Å². The minimum absolute atomic E-state index is 0.206. The average Bonchev–Trinajstić information content (AvgIpc) is 2.74. The van der Waals surface area contributed by atoms with Gasteiger partial charge in [0.05, 0.1) is 4.47 Å². The number of hydrogen-bond donors (Lipinski definition) is 2. The summed E-state index contributed by atoms with van der Waals surface area (Å²) in [5, 5.41) is 8.47. The first-order chi connectivity index (χ1) is 7.66. The maximum atomic E-state index is 13.2. The van der Waals surface area contributed by atoms with Crippen LogP contribution in [0.25, 0.3) is 0 Å². The lowest BCUT2D eigenvalue weighted by Gasteiger charge is -2.02. The van der Waals surface area contributed by atoms with Crippen LogP contribution in [0, 0.1) is 5.82 Å². The zero-order valence-electron chi connectivity index (χ0n) is 7.87. The Kier molecular flexibility index (Phi) is 2.95. The molecular weight excluding hydrogens is 279 g/mol. The molecule has 2 N–H and O–H groups in total. The molecule has 0 aliphatic carbocycles. The van der Waals surface area contributed by atoms with Crippen LogP contribution in [-0.4, -0.2) is 21.1 Å². The maximum absolute atomic E-state index is 13.2. The Bertz CT molecular complexity index is 514. The van der Waals surface area contributed by atoms with Crippen LogP contribution in [0.15, 0.2) is 29.0 Å². The number of nitrogens with zero attached hydrogens (tertiary/aromatic N) is 2.